The Morgan fingerprint density at radius 1 is 1.18 bits per heavy atom. The third-order valence-electron chi connectivity index (χ3n) is 4.80. The molecular formula is C18H18N2O2. The van der Waals surface area contributed by atoms with Crippen molar-refractivity contribution in [2.75, 3.05) is 0 Å². The van der Waals surface area contributed by atoms with Gasteiger partial charge in [0, 0.05) is 11.6 Å². The smallest absolute Gasteiger partial charge is 0.235 e. The Bertz CT molecular complexity index is 752. The number of benzene rings is 1. The summed E-state index contributed by atoms with van der Waals surface area (Å²) in [4.78, 5) is 12.8. The number of hydrogen-bond acceptors (Lipinski definition) is 3. The molecule has 0 unspecified atom stereocenters. The lowest BCUT2D eigenvalue weighted by atomic mass is 9.77. The molecule has 2 aliphatic rings. The molecule has 1 spiro atoms. The maximum Gasteiger partial charge on any atom is 0.235 e. The molecule has 22 heavy (non-hydrogen) atoms. The third kappa shape index (κ3) is 1.83. The highest BCUT2D eigenvalue weighted by Crippen LogP contribution is 2.54. The quantitative estimate of drug-likeness (QED) is 0.921. The van der Waals surface area contributed by atoms with Crippen LogP contribution in [0, 0.1) is 12.3 Å². The van der Waals surface area contributed by atoms with Gasteiger partial charge >= 0.3 is 0 Å². The molecule has 2 aromatic rings. The van der Waals surface area contributed by atoms with Gasteiger partial charge in [-0.2, -0.15) is 0 Å². The maximum atomic E-state index is 12.8. The predicted molar refractivity (Wildman–Crippen MR) is 83.5 cm³/mol. The Morgan fingerprint density at radius 3 is 2.55 bits per heavy atom. The largest absolute Gasteiger partial charge is 0.356 e. The first-order valence-electron chi connectivity index (χ1n) is 7.76. The van der Waals surface area contributed by atoms with E-state index >= 15 is 0 Å². The van der Waals surface area contributed by atoms with Crippen LogP contribution < -0.4 is 5.32 Å². The first kappa shape index (κ1) is 13.3. The third-order valence-corrected chi connectivity index (χ3v) is 4.80. The minimum atomic E-state index is -0.447. The van der Waals surface area contributed by atoms with E-state index in [1.807, 2.05) is 43.3 Å². The molecule has 4 heteroatoms. The van der Waals surface area contributed by atoms with Gasteiger partial charge < -0.3 is 9.84 Å². The van der Waals surface area contributed by atoms with Crippen molar-refractivity contribution in [3.63, 3.8) is 0 Å². The van der Waals surface area contributed by atoms with E-state index in [1.54, 1.807) is 0 Å². The van der Waals surface area contributed by atoms with E-state index in [0.717, 1.165) is 54.0 Å². The fourth-order valence-corrected chi connectivity index (χ4v) is 3.77. The van der Waals surface area contributed by atoms with E-state index < -0.39 is 5.41 Å². The molecule has 1 aromatic heterocycles. The van der Waals surface area contributed by atoms with Crippen LogP contribution in [-0.2, 0) is 4.79 Å². The number of amides is 1. The van der Waals surface area contributed by atoms with Crippen molar-refractivity contribution in [1.29, 1.82) is 0 Å². The summed E-state index contributed by atoms with van der Waals surface area (Å²) >= 11 is 0. The van der Waals surface area contributed by atoms with Gasteiger partial charge in [-0.3, -0.25) is 4.79 Å². The minimum absolute atomic E-state index is 0.105. The second-order valence-corrected chi connectivity index (χ2v) is 6.19. The lowest BCUT2D eigenvalue weighted by Gasteiger charge is -2.22. The summed E-state index contributed by atoms with van der Waals surface area (Å²) in [6.45, 7) is 1.90. The molecule has 1 N–H and O–H groups in total. The highest BCUT2D eigenvalue weighted by Gasteiger charge is 2.52. The molecule has 0 bridgehead atoms. The molecule has 4 nitrogen and oxygen atoms in total. The fraction of sp³-hybridized carbons (Fsp3) is 0.333. The van der Waals surface area contributed by atoms with Crippen LogP contribution in [0.3, 0.4) is 0 Å². The average molecular weight is 294 g/mol. The zero-order valence-electron chi connectivity index (χ0n) is 12.6. The SMILES string of the molecule is Cc1cc(C2=C(c3ccccc3)NC(=O)C23CCCC3)on1. The summed E-state index contributed by atoms with van der Waals surface area (Å²) in [7, 11) is 0. The van der Waals surface area contributed by atoms with Gasteiger partial charge in [-0.25, -0.2) is 0 Å². The van der Waals surface area contributed by atoms with Crippen molar-refractivity contribution < 1.29 is 9.32 Å². The van der Waals surface area contributed by atoms with Crippen molar-refractivity contribution in [3.8, 4) is 0 Å². The van der Waals surface area contributed by atoms with E-state index in [4.69, 9.17) is 4.52 Å². The molecule has 112 valence electrons. The van der Waals surface area contributed by atoms with E-state index in [9.17, 15) is 4.79 Å². The van der Waals surface area contributed by atoms with Crippen LogP contribution in [0.25, 0.3) is 11.3 Å². The zero-order chi connectivity index (χ0) is 15.2. The first-order chi connectivity index (χ1) is 10.7. The summed E-state index contributed by atoms with van der Waals surface area (Å²) in [6, 6.07) is 11.9. The molecule has 1 fully saturated rings. The molecule has 4 rings (SSSR count). The number of nitrogens with zero attached hydrogens (tertiary/aromatic N) is 1. The van der Waals surface area contributed by atoms with Crippen LogP contribution in [0.15, 0.2) is 40.9 Å². The number of aromatic nitrogens is 1. The topological polar surface area (TPSA) is 55.1 Å². The molecule has 0 atom stereocenters. The highest BCUT2D eigenvalue weighted by atomic mass is 16.5. The number of carbonyl (C=O) groups is 1. The van der Waals surface area contributed by atoms with Crippen LogP contribution >= 0.6 is 0 Å². The molecule has 1 saturated carbocycles. The molecule has 1 aromatic carbocycles. The Morgan fingerprint density at radius 2 is 1.91 bits per heavy atom. The van der Waals surface area contributed by atoms with Crippen LogP contribution in [0.2, 0.25) is 0 Å². The standard InChI is InChI=1S/C18H18N2O2/c1-12-11-14(22-20-12)15-16(13-7-3-2-4-8-13)19-17(21)18(15)9-5-6-10-18/h2-4,7-8,11H,5-6,9-10H2,1H3,(H,19,21). The second-order valence-electron chi connectivity index (χ2n) is 6.19. The monoisotopic (exact) mass is 294 g/mol. The minimum Gasteiger partial charge on any atom is -0.356 e. The molecule has 0 saturated heterocycles. The predicted octanol–water partition coefficient (Wildman–Crippen LogP) is 3.54. The molecular weight excluding hydrogens is 276 g/mol. The summed E-state index contributed by atoms with van der Waals surface area (Å²) in [6.07, 6.45) is 3.91. The summed E-state index contributed by atoms with van der Waals surface area (Å²) < 4.78 is 5.53. The van der Waals surface area contributed by atoms with Gasteiger partial charge in [0.25, 0.3) is 0 Å². The maximum absolute atomic E-state index is 12.8. The van der Waals surface area contributed by atoms with E-state index in [-0.39, 0.29) is 5.91 Å². The Hall–Kier alpha value is -2.36. The van der Waals surface area contributed by atoms with Crippen LogP contribution in [0.1, 0.15) is 42.7 Å². The van der Waals surface area contributed by atoms with Gasteiger partial charge in [0.2, 0.25) is 5.91 Å². The van der Waals surface area contributed by atoms with Gasteiger partial charge in [-0.15, -0.1) is 0 Å². The van der Waals surface area contributed by atoms with Crippen molar-refractivity contribution in [2.24, 2.45) is 5.41 Å². The number of aryl methyl sites for hydroxylation is 1. The highest BCUT2D eigenvalue weighted by molar-refractivity contribution is 6.14. The lowest BCUT2D eigenvalue weighted by Crippen LogP contribution is -2.31. The normalized spacial score (nSPS) is 20.0. The summed E-state index contributed by atoms with van der Waals surface area (Å²) in [5, 5.41) is 7.13. The zero-order valence-corrected chi connectivity index (χ0v) is 12.6. The lowest BCUT2D eigenvalue weighted by molar-refractivity contribution is -0.125. The van der Waals surface area contributed by atoms with Gasteiger partial charge in [0.1, 0.15) is 0 Å². The number of hydrogen-bond donors (Lipinski definition) is 1. The van der Waals surface area contributed by atoms with Crippen molar-refractivity contribution >= 4 is 17.2 Å². The Kier molecular flexibility index (Phi) is 2.93. The van der Waals surface area contributed by atoms with E-state index in [1.165, 1.54) is 0 Å². The van der Waals surface area contributed by atoms with Gasteiger partial charge in [-0.05, 0) is 25.3 Å². The van der Waals surface area contributed by atoms with E-state index in [0.29, 0.717) is 0 Å². The van der Waals surface area contributed by atoms with Crippen LogP contribution in [-0.4, -0.2) is 11.1 Å². The molecule has 1 aliphatic heterocycles. The van der Waals surface area contributed by atoms with Crippen molar-refractivity contribution in [2.45, 2.75) is 32.6 Å². The summed E-state index contributed by atoms with van der Waals surface area (Å²) in [5.74, 6) is 0.824. The first-order valence-corrected chi connectivity index (χ1v) is 7.76. The summed E-state index contributed by atoms with van der Waals surface area (Å²) in [5.41, 5.74) is 3.27. The Balaban J connectivity index is 1.95. The molecule has 0 radical (unpaired) electrons. The number of carbonyl (C=O) groups excluding carboxylic acids is 1. The average Bonchev–Trinajstić information content (AvgIpc) is 3.23. The molecule has 1 aliphatic carbocycles. The van der Waals surface area contributed by atoms with Crippen molar-refractivity contribution in [3.05, 3.63) is 53.4 Å². The van der Waals surface area contributed by atoms with E-state index in [2.05, 4.69) is 10.5 Å². The van der Waals surface area contributed by atoms with Gasteiger partial charge in [-0.1, -0.05) is 48.3 Å². The van der Waals surface area contributed by atoms with Crippen LogP contribution in [0.4, 0.5) is 0 Å². The molecule has 1 amide bonds. The Labute approximate surface area is 129 Å². The number of nitrogens with one attached hydrogen (secondary N) is 1. The fourth-order valence-electron chi connectivity index (χ4n) is 3.77. The molecule has 2 heterocycles. The second kappa shape index (κ2) is 4.83. The van der Waals surface area contributed by atoms with Gasteiger partial charge in [0.05, 0.1) is 16.8 Å². The van der Waals surface area contributed by atoms with Crippen molar-refractivity contribution in [1.82, 2.24) is 10.5 Å². The van der Waals surface area contributed by atoms with Crippen LogP contribution in [0.5, 0.6) is 0 Å². The van der Waals surface area contributed by atoms with Gasteiger partial charge in [0.15, 0.2) is 5.76 Å². The number of rotatable bonds is 2.